The van der Waals surface area contributed by atoms with Gasteiger partial charge >= 0.3 is 0 Å². The van der Waals surface area contributed by atoms with Gasteiger partial charge in [0.15, 0.2) is 0 Å². The van der Waals surface area contributed by atoms with Crippen LogP contribution in [-0.2, 0) is 5.60 Å². The molecule has 1 saturated heterocycles. The smallest absolute Gasteiger partial charge is 0.122 e. The summed E-state index contributed by atoms with van der Waals surface area (Å²) < 4.78 is 6.02. The second-order valence-corrected chi connectivity index (χ2v) is 7.51. The van der Waals surface area contributed by atoms with Crippen LogP contribution >= 0.6 is 0 Å². The molecule has 140 valence electrons. The number of likely N-dealkylation sites (tertiary alicyclic amines) is 1. The molecule has 0 aliphatic carbocycles. The number of piperidine rings is 1. The lowest BCUT2D eigenvalue weighted by Crippen LogP contribution is -2.43. The monoisotopic (exact) mass is 354 g/mol. The van der Waals surface area contributed by atoms with E-state index in [0.717, 1.165) is 56.8 Å². The molecule has 4 nitrogen and oxygen atoms in total. The average Bonchev–Trinajstić information content (AvgIpc) is 2.67. The molecule has 0 atom stereocenters. The van der Waals surface area contributed by atoms with Crippen molar-refractivity contribution in [1.29, 1.82) is 0 Å². The van der Waals surface area contributed by atoms with Crippen LogP contribution in [0.3, 0.4) is 0 Å². The molecule has 1 aliphatic rings. The largest absolute Gasteiger partial charge is 0.493 e. The number of hydrogen-bond acceptors (Lipinski definition) is 4. The molecule has 0 bridgehead atoms. The predicted molar refractivity (Wildman–Crippen MR) is 104 cm³/mol. The van der Waals surface area contributed by atoms with Gasteiger partial charge in [0.1, 0.15) is 5.75 Å². The number of aliphatic hydroxyl groups is 1. The third-order valence-electron chi connectivity index (χ3n) is 5.30. The Morgan fingerprint density at radius 2 is 1.92 bits per heavy atom. The summed E-state index contributed by atoms with van der Waals surface area (Å²) in [6.07, 6.45) is 6.05. The van der Waals surface area contributed by atoms with E-state index in [9.17, 15) is 5.11 Å². The van der Waals surface area contributed by atoms with Crippen LogP contribution in [0.1, 0.15) is 50.2 Å². The van der Waals surface area contributed by atoms with E-state index in [1.54, 1.807) is 12.4 Å². The fourth-order valence-corrected chi connectivity index (χ4v) is 3.63. The first-order valence-electron chi connectivity index (χ1n) is 9.65. The second kappa shape index (κ2) is 8.65. The predicted octanol–water partition coefficient (Wildman–Crippen LogP) is 3.96. The van der Waals surface area contributed by atoms with Crippen molar-refractivity contribution in [1.82, 2.24) is 9.88 Å². The van der Waals surface area contributed by atoms with Crippen molar-refractivity contribution in [2.24, 2.45) is 0 Å². The number of aromatic nitrogens is 1. The molecule has 0 spiro atoms. The zero-order chi connectivity index (χ0) is 18.4. The van der Waals surface area contributed by atoms with Gasteiger partial charge in [0.2, 0.25) is 0 Å². The summed E-state index contributed by atoms with van der Waals surface area (Å²) in [5.74, 6) is 1.48. The molecule has 1 fully saturated rings. The van der Waals surface area contributed by atoms with Gasteiger partial charge in [-0.05, 0) is 42.9 Å². The number of hydrogen-bond donors (Lipinski definition) is 1. The van der Waals surface area contributed by atoms with E-state index in [2.05, 4.69) is 41.9 Å². The third kappa shape index (κ3) is 4.63. The molecule has 2 heterocycles. The van der Waals surface area contributed by atoms with Gasteiger partial charge < -0.3 is 14.7 Å². The van der Waals surface area contributed by atoms with Crippen molar-refractivity contribution < 1.29 is 9.84 Å². The van der Waals surface area contributed by atoms with Crippen LogP contribution in [0.2, 0.25) is 0 Å². The zero-order valence-corrected chi connectivity index (χ0v) is 15.9. The molecule has 1 aromatic heterocycles. The van der Waals surface area contributed by atoms with Gasteiger partial charge in [-0.2, -0.15) is 0 Å². The van der Waals surface area contributed by atoms with E-state index in [4.69, 9.17) is 4.74 Å². The van der Waals surface area contributed by atoms with Crippen molar-refractivity contribution in [2.45, 2.75) is 44.6 Å². The minimum Gasteiger partial charge on any atom is -0.493 e. The second-order valence-electron chi connectivity index (χ2n) is 7.51. The lowest BCUT2D eigenvalue weighted by atomic mass is 9.85. The Hall–Kier alpha value is -1.91. The quantitative estimate of drug-likeness (QED) is 0.765. The SMILES string of the molecule is CC(C)c1ccccc1OCCCN1CCC(O)(c2cccnc2)CC1. The molecule has 26 heavy (non-hydrogen) atoms. The van der Waals surface area contributed by atoms with E-state index in [0.29, 0.717) is 5.92 Å². The molecular formula is C22H30N2O2. The van der Waals surface area contributed by atoms with Gasteiger partial charge in [-0.1, -0.05) is 38.1 Å². The van der Waals surface area contributed by atoms with E-state index in [1.165, 1.54) is 5.56 Å². The van der Waals surface area contributed by atoms with Crippen LogP contribution in [0.15, 0.2) is 48.8 Å². The maximum atomic E-state index is 10.9. The van der Waals surface area contributed by atoms with Crippen LogP contribution in [0.5, 0.6) is 5.75 Å². The first-order valence-corrected chi connectivity index (χ1v) is 9.65. The molecular weight excluding hydrogens is 324 g/mol. The molecule has 0 amide bonds. The normalized spacial score (nSPS) is 17.4. The number of nitrogens with zero attached hydrogens (tertiary/aromatic N) is 2. The summed E-state index contributed by atoms with van der Waals surface area (Å²) in [6, 6.07) is 12.2. The first-order chi connectivity index (χ1) is 12.6. The molecule has 4 heteroatoms. The Bertz CT molecular complexity index is 680. The highest BCUT2D eigenvalue weighted by atomic mass is 16.5. The molecule has 3 rings (SSSR count). The molecule has 0 radical (unpaired) electrons. The Morgan fingerprint density at radius 1 is 1.15 bits per heavy atom. The van der Waals surface area contributed by atoms with Crippen LogP contribution in [0, 0.1) is 0 Å². The minimum absolute atomic E-state index is 0.471. The molecule has 0 saturated carbocycles. The highest BCUT2D eigenvalue weighted by Gasteiger charge is 2.33. The molecule has 1 N–H and O–H groups in total. The lowest BCUT2D eigenvalue weighted by Gasteiger charge is -2.38. The molecule has 1 aliphatic heterocycles. The maximum Gasteiger partial charge on any atom is 0.122 e. The number of ether oxygens (including phenoxy) is 1. The van der Waals surface area contributed by atoms with Crippen LogP contribution in [-0.4, -0.2) is 41.2 Å². The van der Waals surface area contributed by atoms with Crippen molar-refractivity contribution >= 4 is 0 Å². The van der Waals surface area contributed by atoms with Gasteiger partial charge in [-0.3, -0.25) is 4.98 Å². The number of benzene rings is 1. The maximum absolute atomic E-state index is 10.9. The summed E-state index contributed by atoms with van der Waals surface area (Å²) in [4.78, 5) is 6.56. The van der Waals surface area contributed by atoms with Gasteiger partial charge in [-0.25, -0.2) is 0 Å². The first kappa shape index (κ1) is 18.9. The molecule has 1 aromatic carbocycles. The van der Waals surface area contributed by atoms with E-state index < -0.39 is 5.60 Å². The highest BCUT2D eigenvalue weighted by molar-refractivity contribution is 5.35. The van der Waals surface area contributed by atoms with Crippen LogP contribution in [0.25, 0.3) is 0 Å². The summed E-state index contributed by atoms with van der Waals surface area (Å²) >= 11 is 0. The van der Waals surface area contributed by atoms with Crippen LogP contribution < -0.4 is 4.74 Å². The Kier molecular flexibility index (Phi) is 6.28. The van der Waals surface area contributed by atoms with E-state index >= 15 is 0 Å². The third-order valence-corrected chi connectivity index (χ3v) is 5.30. The fraction of sp³-hybridized carbons (Fsp3) is 0.500. The summed E-state index contributed by atoms with van der Waals surface area (Å²) in [5.41, 5.74) is 1.48. The zero-order valence-electron chi connectivity index (χ0n) is 15.9. The minimum atomic E-state index is -0.725. The van der Waals surface area contributed by atoms with Crippen molar-refractivity contribution in [3.8, 4) is 5.75 Å². The molecule has 2 aromatic rings. The van der Waals surface area contributed by atoms with E-state index in [-0.39, 0.29) is 0 Å². The van der Waals surface area contributed by atoms with Crippen molar-refractivity contribution in [2.75, 3.05) is 26.2 Å². The van der Waals surface area contributed by atoms with Gasteiger partial charge in [0.05, 0.1) is 12.2 Å². The average molecular weight is 354 g/mol. The summed E-state index contributed by atoms with van der Waals surface area (Å²) in [7, 11) is 0. The van der Waals surface area contributed by atoms with Gasteiger partial charge in [0, 0.05) is 37.6 Å². The van der Waals surface area contributed by atoms with Gasteiger partial charge in [0.25, 0.3) is 0 Å². The van der Waals surface area contributed by atoms with Crippen molar-refractivity contribution in [3.63, 3.8) is 0 Å². The Labute approximate surface area is 156 Å². The number of pyridine rings is 1. The fourth-order valence-electron chi connectivity index (χ4n) is 3.63. The Morgan fingerprint density at radius 3 is 2.62 bits per heavy atom. The van der Waals surface area contributed by atoms with Gasteiger partial charge in [-0.15, -0.1) is 0 Å². The lowest BCUT2D eigenvalue weighted by molar-refractivity contribution is -0.0267. The Balaban J connectivity index is 1.42. The van der Waals surface area contributed by atoms with E-state index in [1.807, 2.05) is 18.2 Å². The van der Waals surface area contributed by atoms with Crippen molar-refractivity contribution in [3.05, 3.63) is 59.9 Å². The highest BCUT2D eigenvalue weighted by Crippen LogP contribution is 2.32. The number of para-hydroxylation sites is 1. The summed E-state index contributed by atoms with van der Waals surface area (Å²) in [6.45, 7) is 7.95. The summed E-state index contributed by atoms with van der Waals surface area (Å²) in [5, 5.41) is 10.9. The standard InChI is InChI=1S/C22H30N2O2/c1-18(2)20-8-3-4-9-21(20)26-16-6-13-24-14-10-22(25,11-15-24)19-7-5-12-23-17-19/h3-5,7-9,12,17-18,25H,6,10-11,13-16H2,1-2H3. The number of rotatable bonds is 7. The molecule has 0 unspecified atom stereocenters. The topological polar surface area (TPSA) is 45.6 Å². The van der Waals surface area contributed by atoms with Crippen LogP contribution in [0.4, 0.5) is 0 Å².